The fourth-order valence-corrected chi connectivity index (χ4v) is 3.19. The van der Waals surface area contributed by atoms with Gasteiger partial charge >= 0.3 is 0 Å². The molecule has 0 heterocycles. The van der Waals surface area contributed by atoms with E-state index in [2.05, 4.69) is 0 Å². The Balaban J connectivity index is 1.77. The fourth-order valence-electron chi connectivity index (χ4n) is 3.19. The summed E-state index contributed by atoms with van der Waals surface area (Å²) in [6, 6.07) is 16.2. The summed E-state index contributed by atoms with van der Waals surface area (Å²) >= 11 is 0. The van der Waals surface area contributed by atoms with Crippen LogP contribution in [-0.4, -0.2) is 21.8 Å². The van der Waals surface area contributed by atoms with E-state index in [4.69, 9.17) is 0 Å². The maximum Gasteiger partial charge on any atom is 0.194 e. The highest BCUT2D eigenvalue weighted by atomic mass is 16.3. The summed E-state index contributed by atoms with van der Waals surface area (Å²) in [6.07, 6.45) is 0.344. The largest absolute Gasteiger partial charge is 0.508 e. The number of phenolic OH excluding ortho intramolecular Hbond substituents is 2. The van der Waals surface area contributed by atoms with E-state index in [9.17, 15) is 19.8 Å². The minimum atomic E-state index is -0.174. The molecule has 0 saturated carbocycles. The van der Waals surface area contributed by atoms with Gasteiger partial charge in [0.1, 0.15) is 11.5 Å². The molecular weight excluding hydrogens is 316 g/mol. The third kappa shape index (κ3) is 2.48. The number of carbonyl (C=O) groups excluding carboxylic acids is 2. The lowest BCUT2D eigenvalue weighted by molar-refractivity contribution is 0.0979. The smallest absolute Gasteiger partial charge is 0.194 e. The molecule has 0 bridgehead atoms. The number of hydrogen-bond donors (Lipinski definition) is 2. The Bertz CT molecular complexity index is 1030. The Labute approximate surface area is 144 Å². The van der Waals surface area contributed by atoms with Crippen molar-refractivity contribution in [1.29, 1.82) is 0 Å². The van der Waals surface area contributed by atoms with Crippen molar-refractivity contribution in [1.82, 2.24) is 0 Å². The van der Waals surface area contributed by atoms with Gasteiger partial charge in [-0.1, -0.05) is 36.4 Å². The Morgan fingerprint density at radius 2 is 1.32 bits per heavy atom. The molecule has 0 aromatic heterocycles. The van der Waals surface area contributed by atoms with Crippen molar-refractivity contribution < 1.29 is 19.8 Å². The molecule has 0 unspecified atom stereocenters. The molecule has 3 aromatic carbocycles. The number of hydrogen-bond acceptors (Lipinski definition) is 4. The monoisotopic (exact) mass is 330 g/mol. The molecule has 25 heavy (non-hydrogen) atoms. The molecule has 0 saturated heterocycles. The van der Waals surface area contributed by atoms with Crippen LogP contribution in [0.4, 0.5) is 0 Å². The molecule has 0 spiro atoms. The number of benzene rings is 3. The van der Waals surface area contributed by atoms with Crippen LogP contribution in [0.25, 0.3) is 0 Å². The first-order valence-electron chi connectivity index (χ1n) is 7.87. The second-order valence-electron chi connectivity index (χ2n) is 6.07. The zero-order valence-corrected chi connectivity index (χ0v) is 13.2. The maximum atomic E-state index is 12.7. The van der Waals surface area contributed by atoms with Crippen molar-refractivity contribution >= 4 is 11.6 Å². The van der Waals surface area contributed by atoms with Crippen LogP contribution in [-0.2, 0) is 6.42 Å². The Kier molecular flexibility index (Phi) is 3.39. The van der Waals surface area contributed by atoms with Crippen molar-refractivity contribution in [2.75, 3.05) is 0 Å². The van der Waals surface area contributed by atoms with Gasteiger partial charge in [-0.15, -0.1) is 0 Å². The molecule has 2 N–H and O–H groups in total. The van der Waals surface area contributed by atoms with Crippen LogP contribution in [0.15, 0.2) is 60.7 Å². The zero-order valence-electron chi connectivity index (χ0n) is 13.2. The molecular formula is C21H14O4. The van der Waals surface area contributed by atoms with Gasteiger partial charge in [0.25, 0.3) is 0 Å². The average molecular weight is 330 g/mol. The molecule has 0 radical (unpaired) electrons. The molecule has 122 valence electrons. The first-order chi connectivity index (χ1) is 12.0. The number of ketones is 2. The third-order valence-corrected chi connectivity index (χ3v) is 4.45. The van der Waals surface area contributed by atoms with Gasteiger partial charge in [-0.2, -0.15) is 0 Å². The van der Waals surface area contributed by atoms with E-state index >= 15 is 0 Å². The lowest BCUT2D eigenvalue weighted by Crippen LogP contribution is -2.21. The van der Waals surface area contributed by atoms with Gasteiger partial charge in [0.05, 0.1) is 0 Å². The molecule has 3 aromatic rings. The standard InChI is InChI=1S/C21H14O4/c22-14-6-8-19(23)13(11-14)9-12-5-7-17-18(10-12)21(25)16-4-2-1-3-15(16)20(17)24/h1-8,10-11,22-23H,9H2. The van der Waals surface area contributed by atoms with E-state index in [0.717, 1.165) is 5.56 Å². The van der Waals surface area contributed by atoms with Crippen molar-refractivity contribution in [3.8, 4) is 11.5 Å². The Hall–Kier alpha value is -3.40. The van der Waals surface area contributed by atoms with Gasteiger partial charge in [0.2, 0.25) is 0 Å². The normalized spacial score (nSPS) is 12.6. The van der Waals surface area contributed by atoms with Crippen LogP contribution in [0.2, 0.25) is 0 Å². The molecule has 4 heteroatoms. The van der Waals surface area contributed by atoms with Crippen molar-refractivity contribution in [2.45, 2.75) is 6.42 Å². The highest BCUT2D eigenvalue weighted by Gasteiger charge is 2.29. The second-order valence-corrected chi connectivity index (χ2v) is 6.07. The molecule has 0 aliphatic heterocycles. The first-order valence-corrected chi connectivity index (χ1v) is 7.87. The van der Waals surface area contributed by atoms with Crippen LogP contribution in [0.3, 0.4) is 0 Å². The molecule has 0 fully saturated rings. The third-order valence-electron chi connectivity index (χ3n) is 4.45. The Morgan fingerprint density at radius 1 is 0.680 bits per heavy atom. The van der Waals surface area contributed by atoms with E-state index in [0.29, 0.717) is 34.2 Å². The molecule has 1 aliphatic carbocycles. The molecule has 4 rings (SSSR count). The molecule has 4 nitrogen and oxygen atoms in total. The minimum absolute atomic E-state index is 0.0611. The van der Waals surface area contributed by atoms with Crippen molar-refractivity contribution in [3.63, 3.8) is 0 Å². The summed E-state index contributed by atoms with van der Waals surface area (Å²) < 4.78 is 0. The van der Waals surface area contributed by atoms with Gasteiger partial charge in [-0.05, 0) is 29.8 Å². The van der Waals surface area contributed by atoms with Gasteiger partial charge in [0.15, 0.2) is 11.6 Å². The van der Waals surface area contributed by atoms with E-state index in [-0.39, 0.29) is 23.1 Å². The molecule has 1 aliphatic rings. The van der Waals surface area contributed by atoms with Gasteiger partial charge < -0.3 is 10.2 Å². The summed E-state index contributed by atoms with van der Waals surface area (Å²) in [5, 5.41) is 19.5. The lowest BCUT2D eigenvalue weighted by atomic mass is 9.83. The van der Waals surface area contributed by atoms with Crippen molar-refractivity contribution in [2.24, 2.45) is 0 Å². The van der Waals surface area contributed by atoms with Crippen molar-refractivity contribution in [3.05, 3.63) is 94.0 Å². The highest BCUT2D eigenvalue weighted by molar-refractivity contribution is 6.28. The highest BCUT2D eigenvalue weighted by Crippen LogP contribution is 2.30. The fraction of sp³-hybridized carbons (Fsp3) is 0.0476. The number of fused-ring (bicyclic) bond motifs is 2. The lowest BCUT2D eigenvalue weighted by Gasteiger charge is -2.18. The van der Waals surface area contributed by atoms with Crippen LogP contribution in [0.1, 0.15) is 43.0 Å². The minimum Gasteiger partial charge on any atom is -0.508 e. The average Bonchev–Trinajstić information content (AvgIpc) is 2.63. The number of carbonyl (C=O) groups is 2. The van der Waals surface area contributed by atoms with Gasteiger partial charge in [0, 0.05) is 34.2 Å². The number of phenols is 2. The van der Waals surface area contributed by atoms with Gasteiger partial charge in [-0.25, -0.2) is 0 Å². The van der Waals surface area contributed by atoms with Crippen LogP contribution >= 0.6 is 0 Å². The topological polar surface area (TPSA) is 74.6 Å². The molecule has 0 atom stereocenters. The summed E-state index contributed by atoms with van der Waals surface area (Å²) in [5.74, 6) is -0.196. The van der Waals surface area contributed by atoms with E-state index in [1.807, 2.05) is 0 Å². The van der Waals surface area contributed by atoms with E-state index in [1.165, 1.54) is 18.2 Å². The predicted molar refractivity (Wildman–Crippen MR) is 92.3 cm³/mol. The summed E-state index contributed by atoms with van der Waals surface area (Å²) in [6.45, 7) is 0. The van der Waals surface area contributed by atoms with E-state index < -0.39 is 0 Å². The SMILES string of the molecule is O=C1c2ccccc2C(=O)c2cc(Cc3cc(O)ccc3O)ccc21. The predicted octanol–water partition coefficient (Wildman–Crippen LogP) is 3.46. The number of aromatic hydroxyl groups is 2. The summed E-state index contributed by atoms with van der Waals surface area (Å²) in [4.78, 5) is 25.3. The van der Waals surface area contributed by atoms with Crippen LogP contribution < -0.4 is 0 Å². The second kappa shape index (κ2) is 5.60. The quantitative estimate of drug-likeness (QED) is 0.552. The van der Waals surface area contributed by atoms with Crippen LogP contribution in [0.5, 0.6) is 11.5 Å². The number of rotatable bonds is 2. The Morgan fingerprint density at radius 3 is 2.04 bits per heavy atom. The van der Waals surface area contributed by atoms with Gasteiger partial charge in [-0.3, -0.25) is 9.59 Å². The first kappa shape index (κ1) is 15.1. The van der Waals surface area contributed by atoms with Crippen LogP contribution in [0, 0.1) is 0 Å². The molecule has 0 amide bonds. The summed E-state index contributed by atoms with van der Waals surface area (Å²) in [7, 11) is 0. The maximum absolute atomic E-state index is 12.7. The van der Waals surface area contributed by atoms with E-state index in [1.54, 1.807) is 42.5 Å². The summed E-state index contributed by atoms with van der Waals surface area (Å²) in [5.41, 5.74) is 2.94. The zero-order chi connectivity index (χ0) is 17.6.